The van der Waals surface area contributed by atoms with Crippen LogP contribution in [0.15, 0.2) is 36.4 Å². The van der Waals surface area contributed by atoms with Gasteiger partial charge in [0.05, 0.1) is 6.54 Å². The fraction of sp³-hybridized carbons (Fsp3) is 0.524. The van der Waals surface area contributed by atoms with E-state index in [1.165, 1.54) is 5.56 Å². The molecule has 2 heterocycles. The molecule has 2 aliphatic heterocycles. The third-order valence-corrected chi connectivity index (χ3v) is 5.85. The van der Waals surface area contributed by atoms with Crippen molar-refractivity contribution in [2.75, 3.05) is 44.2 Å². The number of carbonyl (C=O) groups excluding carboxylic acids is 2. The number of para-hydroxylation sites is 1. The molecular formula is C21H27N3O2. The summed E-state index contributed by atoms with van der Waals surface area (Å²) in [6.45, 7) is 4.28. The maximum atomic E-state index is 12.7. The predicted molar refractivity (Wildman–Crippen MR) is 102 cm³/mol. The number of rotatable bonds is 3. The third-order valence-electron chi connectivity index (χ3n) is 5.85. The van der Waals surface area contributed by atoms with Crippen molar-refractivity contribution in [3.05, 3.63) is 42.0 Å². The summed E-state index contributed by atoms with van der Waals surface area (Å²) in [6, 6.07) is 8.17. The van der Waals surface area contributed by atoms with Crippen molar-refractivity contribution in [2.24, 2.45) is 5.92 Å². The van der Waals surface area contributed by atoms with Crippen molar-refractivity contribution in [2.45, 2.75) is 25.7 Å². The standard InChI is InChI=1S/C21H27N3O2/c25-20(24-11-10-17-6-4-5-9-19(17)24)16-22-12-14-23(15-13-22)21(26)18-7-2-1-3-8-18/h1-2,4-6,9,18H,3,7-8,10-16H2/t18-/m0/s1. The van der Waals surface area contributed by atoms with Gasteiger partial charge in [-0.2, -0.15) is 0 Å². The Morgan fingerprint density at radius 2 is 1.81 bits per heavy atom. The molecule has 0 saturated carbocycles. The van der Waals surface area contributed by atoms with E-state index in [2.05, 4.69) is 23.1 Å². The molecule has 1 aromatic rings. The lowest BCUT2D eigenvalue weighted by Gasteiger charge is -2.37. The van der Waals surface area contributed by atoms with Crippen LogP contribution >= 0.6 is 0 Å². The van der Waals surface area contributed by atoms with Gasteiger partial charge in [-0.15, -0.1) is 0 Å². The van der Waals surface area contributed by atoms with Gasteiger partial charge in [0, 0.05) is 44.3 Å². The number of anilines is 1. The summed E-state index contributed by atoms with van der Waals surface area (Å²) < 4.78 is 0. The lowest BCUT2D eigenvalue weighted by atomic mass is 9.93. The van der Waals surface area contributed by atoms with Crippen molar-refractivity contribution in [1.29, 1.82) is 0 Å². The van der Waals surface area contributed by atoms with Crippen LogP contribution in [0.4, 0.5) is 5.69 Å². The van der Waals surface area contributed by atoms with Gasteiger partial charge < -0.3 is 9.80 Å². The number of hydrogen-bond donors (Lipinski definition) is 0. The van der Waals surface area contributed by atoms with Gasteiger partial charge in [0.15, 0.2) is 0 Å². The second kappa shape index (κ2) is 7.62. The minimum absolute atomic E-state index is 0.161. The molecular weight excluding hydrogens is 326 g/mol. The molecule has 1 atom stereocenters. The summed E-state index contributed by atoms with van der Waals surface area (Å²) in [7, 11) is 0. The molecule has 0 bridgehead atoms. The molecule has 0 radical (unpaired) electrons. The van der Waals surface area contributed by atoms with Gasteiger partial charge >= 0.3 is 0 Å². The highest BCUT2D eigenvalue weighted by molar-refractivity contribution is 5.96. The van der Waals surface area contributed by atoms with Gasteiger partial charge in [-0.3, -0.25) is 14.5 Å². The zero-order chi connectivity index (χ0) is 17.9. The van der Waals surface area contributed by atoms with Crippen molar-refractivity contribution < 1.29 is 9.59 Å². The van der Waals surface area contributed by atoms with E-state index >= 15 is 0 Å². The Kier molecular flexibility index (Phi) is 5.07. The summed E-state index contributed by atoms with van der Waals surface area (Å²) >= 11 is 0. The van der Waals surface area contributed by atoms with Crippen molar-refractivity contribution in [1.82, 2.24) is 9.80 Å². The molecule has 1 aliphatic carbocycles. The first-order valence-corrected chi connectivity index (χ1v) is 9.77. The average molecular weight is 353 g/mol. The third kappa shape index (κ3) is 3.54. The quantitative estimate of drug-likeness (QED) is 0.782. The summed E-state index contributed by atoms with van der Waals surface area (Å²) in [5, 5.41) is 0. The highest BCUT2D eigenvalue weighted by Crippen LogP contribution is 2.27. The first-order chi connectivity index (χ1) is 12.7. The summed E-state index contributed by atoms with van der Waals surface area (Å²) in [6.07, 6.45) is 8.12. The van der Waals surface area contributed by atoms with Crippen LogP contribution in [-0.4, -0.2) is 60.9 Å². The van der Waals surface area contributed by atoms with Crippen LogP contribution in [0.2, 0.25) is 0 Å². The molecule has 138 valence electrons. The van der Waals surface area contributed by atoms with E-state index in [0.29, 0.717) is 12.5 Å². The first kappa shape index (κ1) is 17.3. The molecule has 1 saturated heterocycles. The number of carbonyl (C=O) groups is 2. The largest absolute Gasteiger partial charge is 0.340 e. The number of allylic oxidation sites excluding steroid dienone is 2. The van der Waals surface area contributed by atoms with Gasteiger partial charge in [0.25, 0.3) is 0 Å². The molecule has 1 aromatic carbocycles. The van der Waals surface area contributed by atoms with Crippen molar-refractivity contribution in [3.8, 4) is 0 Å². The molecule has 0 N–H and O–H groups in total. The van der Waals surface area contributed by atoms with Crippen LogP contribution in [0.1, 0.15) is 24.8 Å². The van der Waals surface area contributed by atoms with Crippen molar-refractivity contribution in [3.63, 3.8) is 0 Å². The molecule has 1 fully saturated rings. The summed E-state index contributed by atoms with van der Waals surface area (Å²) in [4.78, 5) is 31.5. The Labute approximate surface area is 155 Å². The molecule has 0 aromatic heterocycles. The SMILES string of the molecule is O=C([C@H]1CC=CCC1)N1CCN(CC(=O)N2CCc3ccccc32)CC1. The van der Waals surface area contributed by atoms with Crippen LogP contribution in [-0.2, 0) is 16.0 Å². The predicted octanol–water partition coefficient (Wildman–Crippen LogP) is 2.08. The van der Waals surface area contributed by atoms with Gasteiger partial charge in [0.2, 0.25) is 11.8 Å². The maximum Gasteiger partial charge on any atom is 0.241 e. The normalized spacial score (nSPS) is 23.2. The highest BCUT2D eigenvalue weighted by atomic mass is 16.2. The van der Waals surface area contributed by atoms with Gasteiger partial charge in [-0.05, 0) is 37.3 Å². The Bertz CT molecular complexity index is 707. The van der Waals surface area contributed by atoms with E-state index in [1.54, 1.807) is 0 Å². The molecule has 4 rings (SSSR count). The fourth-order valence-corrected chi connectivity index (χ4v) is 4.28. The van der Waals surface area contributed by atoms with E-state index in [1.807, 2.05) is 28.0 Å². The Hall–Kier alpha value is -2.14. The van der Waals surface area contributed by atoms with Crippen LogP contribution < -0.4 is 4.90 Å². The molecule has 0 spiro atoms. The summed E-state index contributed by atoms with van der Waals surface area (Å²) in [5.74, 6) is 0.634. The highest BCUT2D eigenvalue weighted by Gasteiger charge is 2.30. The topological polar surface area (TPSA) is 43.9 Å². The molecule has 3 aliphatic rings. The number of benzene rings is 1. The van der Waals surface area contributed by atoms with Crippen LogP contribution in [0.3, 0.4) is 0 Å². The van der Waals surface area contributed by atoms with E-state index in [4.69, 9.17) is 0 Å². The second-order valence-corrected chi connectivity index (χ2v) is 7.51. The van der Waals surface area contributed by atoms with E-state index in [9.17, 15) is 9.59 Å². The van der Waals surface area contributed by atoms with Gasteiger partial charge in [-0.1, -0.05) is 30.4 Å². The maximum absolute atomic E-state index is 12.7. The average Bonchev–Trinajstić information content (AvgIpc) is 3.13. The van der Waals surface area contributed by atoms with E-state index in [0.717, 1.165) is 64.1 Å². The van der Waals surface area contributed by atoms with Crippen LogP contribution in [0, 0.1) is 5.92 Å². The molecule has 26 heavy (non-hydrogen) atoms. The minimum atomic E-state index is 0.161. The number of fused-ring (bicyclic) bond motifs is 1. The molecule has 2 amide bonds. The smallest absolute Gasteiger partial charge is 0.241 e. The lowest BCUT2D eigenvalue weighted by Crippen LogP contribution is -2.52. The Morgan fingerprint density at radius 1 is 1.00 bits per heavy atom. The Morgan fingerprint density at radius 3 is 2.58 bits per heavy atom. The molecule has 5 nitrogen and oxygen atoms in total. The lowest BCUT2D eigenvalue weighted by molar-refractivity contribution is -0.137. The monoisotopic (exact) mass is 353 g/mol. The zero-order valence-corrected chi connectivity index (χ0v) is 15.3. The number of hydrogen-bond acceptors (Lipinski definition) is 3. The number of amides is 2. The molecule has 5 heteroatoms. The van der Waals surface area contributed by atoms with Gasteiger partial charge in [0.1, 0.15) is 0 Å². The number of nitrogens with zero attached hydrogens (tertiary/aromatic N) is 3. The van der Waals surface area contributed by atoms with Crippen LogP contribution in [0.5, 0.6) is 0 Å². The second-order valence-electron chi connectivity index (χ2n) is 7.51. The van der Waals surface area contributed by atoms with Crippen LogP contribution in [0.25, 0.3) is 0 Å². The van der Waals surface area contributed by atoms with Crippen molar-refractivity contribution >= 4 is 17.5 Å². The molecule has 0 unspecified atom stereocenters. The zero-order valence-electron chi connectivity index (χ0n) is 15.3. The Balaban J connectivity index is 1.28. The minimum Gasteiger partial charge on any atom is -0.340 e. The van der Waals surface area contributed by atoms with E-state index < -0.39 is 0 Å². The van der Waals surface area contributed by atoms with E-state index in [-0.39, 0.29) is 11.8 Å². The van der Waals surface area contributed by atoms with Gasteiger partial charge in [-0.25, -0.2) is 0 Å². The fourth-order valence-electron chi connectivity index (χ4n) is 4.28. The summed E-state index contributed by atoms with van der Waals surface area (Å²) in [5.41, 5.74) is 2.33. The number of piperazine rings is 1. The first-order valence-electron chi connectivity index (χ1n) is 9.77.